The number of aliphatic carboxylic acids is 1. The number of aromatic nitrogens is 8. The molecule has 0 radical (unpaired) electrons. The molecule has 14 nitrogen and oxygen atoms in total. The molecule has 0 saturated carbocycles. The number of imidazole rings is 4. The summed E-state index contributed by atoms with van der Waals surface area (Å²) in [7, 11) is 7.63. The number of nitrogens with zero attached hydrogens (tertiary/aromatic N) is 8. The number of hydrogen-bond acceptors (Lipinski definition) is 3. The molecule has 0 aromatic carbocycles. The number of rotatable bonds is 15. The van der Waals surface area contributed by atoms with Gasteiger partial charge in [-0.1, -0.05) is 0 Å². The molecule has 0 atom stereocenters. The Kier molecular flexibility index (Phi) is 9.89. The molecular formula is C28H42N10O4+4. The monoisotopic (exact) mass is 582 g/mol. The zero-order chi connectivity index (χ0) is 30.2. The maximum Gasteiger partial charge on any atom is 0.310 e. The molecule has 0 fully saturated rings. The first-order valence-corrected chi connectivity index (χ1v) is 13.9. The molecule has 0 aliphatic carbocycles. The summed E-state index contributed by atoms with van der Waals surface area (Å²) in [4.78, 5) is 38.7. The van der Waals surface area contributed by atoms with E-state index >= 15 is 0 Å². The molecule has 2 amide bonds. The van der Waals surface area contributed by atoms with E-state index in [2.05, 4.69) is 10.6 Å². The van der Waals surface area contributed by atoms with Gasteiger partial charge in [-0.15, -0.1) is 0 Å². The average Bonchev–Trinajstić information content (AvgIpc) is 3.73. The summed E-state index contributed by atoms with van der Waals surface area (Å²) in [5.74, 6) is -3.46. The van der Waals surface area contributed by atoms with E-state index in [1.165, 1.54) is 0 Å². The van der Waals surface area contributed by atoms with Crippen molar-refractivity contribution in [3.63, 3.8) is 0 Å². The first-order valence-electron chi connectivity index (χ1n) is 13.9. The van der Waals surface area contributed by atoms with Crippen LogP contribution in [0.3, 0.4) is 0 Å². The van der Waals surface area contributed by atoms with Gasteiger partial charge in [0.1, 0.15) is 87.6 Å². The fourth-order valence-electron chi connectivity index (χ4n) is 4.89. The second-order valence-electron chi connectivity index (χ2n) is 11.0. The van der Waals surface area contributed by atoms with E-state index in [0.29, 0.717) is 26.2 Å². The molecule has 0 aliphatic heterocycles. The van der Waals surface area contributed by atoms with Gasteiger partial charge in [0.15, 0.2) is 0 Å². The van der Waals surface area contributed by atoms with Gasteiger partial charge in [-0.25, -0.2) is 36.5 Å². The van der Waals surface area contributed by atoms with Crippen molar-refractivity contribution >= 4 is 17.8 Å². The minimum Gasteiger partial charge on any atom is -0.481 e. The van der Waals surface area contributed by atoms with E-state index in [0.717, 1.165) is 0 Å². The lowest BCUT2D eigenvalue weighted by Gasteiger charge is -2.19. The Morgan fingerprint density at radius 2 is 0.857 bits per heavy atom. The quantitative estimate of drug-likeness (QED) is 0.133. The third kappa shape index (κ3) is 8.62. The van der Waals surface area contributed by atoms with Crippen LogP contribution in [0.4, 0.5) is 0 Å². The van der Waals surface area contributed by atoms with Crippen molar-refractivity contribution < 1.29 is 37.8 Å². The van der Waals surface area contributed by atoms with Crippen LogP contribution in [-0.2, 0) is 68.8 Å². The van der Waals surface area contributed by atoms with Crippen LogP contribution in [-0.4, -0.2) is 54.2 Å². The summed E-state index contributed by atoms with van der Waals surface area (Å²) in [6.45, 7) is 1.51. The van der Waals surface area contributed by atoms with Crippen molar-refractivity contribution in [3.8, 4) is 0 Å². The van der Waals surface area contributed by atoms with Crippen LogP contribution in [0, 0.1) is 17.8 Å². The largest absolute Gasteiger partial charge is 0.481 e. The van der Waals surface area contributed by atoms with Crippen LogP contribution in [0.1, 0.15) is 0 Å². The van der Waals surface area contributed by atoms with Crippen LogP contribution in [0.25, 0.3) is 0 Å². The predicted octanol–water partition coefficient (Wildman–Crippen LogP) is -2.54. The molecule has 0 aliphatic rings. The molecule has 224 valence electrons. The number of carbonyl (C=O) groups is 3. The Morgan fingerprint density at radius 3 is 1.07 bits per heavy atom. The molecule has 4 aromatic heterocycles. The van der Waals surface area contributed by atoms with Crippen LogP contribution in [0.15, 0.2) is 74.9 Å². The standard InChI is InChI=1S/C28H39N10O4/c1-31-5-9-35(19-31)15-24(16-36-10-6-32(2)20-36)26(39)29-13-23(28(41)42)14-30-27(40)25(17-37-11-7-33(3)21-37)18-38-12-8-34(4)22-38/h5-12,19-25H,13-18H2,1-4H3/q+1/p+3. The van der Waals surface area contributed by atoms with Crippen LogP contribution < -0.4 is 28.9 Å². The van der Waals surface area contributed by atoms with Gasteiger partial charge in [0.25, 0.3) is 0 Å². The van der Waals surface area contributed by atoms with E-state index in [9.17, 15) is 19.5 Å². The number of hydrogen-bond donors (Lipinski definition) is 3. The van der Waals surface area contributed by atoms with Gasteiger partial charge in [0, 0.05) is 13.1 Å². The average molecular weight is 583 g/mol. The Labute approximate surface area is 244 Å². The number of amides is 2. The van der Waals surface area contributed by atoms with Crippen molar-refractivity contribution in [2.45, 2.75) is 26.2 Å². The number of carboxylic acid groups (broad SMARTS) is 1. The lowest BCUT2D eigenvalue weighted by atomic mass is 10.1. The zero-order valence-electron chi connectivity index (χ0n) is 24.7. The third-order valence-corrected chi connectivity index (χ3v) is 7.16. The molecule has 3 N–H and O–H groups in total. The zero-order valence-corrected chi connectivity index (χ0v) is 24.7. The number of aryl methyl sites for hydroxylation is 4. The number of carboxylic acids is 1. The van der Waals surface area contributed by atoms with Gasteiger partial charge in [0.05, 0.1) is 34.1 Å². The highest BCUT2D eigenvalue weighted by Crippen LogP contribution is 2.09. The first kappa shape index (κ1) is 30.2. The molecular weight excluding hydrogens is 540 g/mol. The van der Waals surface area contributed by atoms with Crippen LogP contribution in [0.2, 0.25) is 0 Å². The topological polar surface area (TPSA) is 131 Å². The summed E-state index contributed by atoms with van der Waals surface area (Å²) in [5, 5.41) is 15.6. The minimum atomic E-state index is -1.09. The highest BCUT2D eigenvalue weighted by atomic mass is 16.4. The summed E-state index contributed by atoms with van der Waals surface area (Å²) in [6.07, 6.45) is 22.7. The molecule has 0 unspecified atom stereocenters. The van der Waals surface area contributed by atoms with Crippen molar-refractivity contribution in [1.82, 2.24) is 28.9 Å². The lowest BCUT2D eigenvalue weighted by Crippen LogP contribution is -2.45. The van der Waals surface area contributed by atoms with Gasteiger partial charge in [-0.2, -0.15) is 0 Å². The molecule has 0 saturated heterocycles. The summed E-state index contributed by atoms with van der Waals surface area (Å²) >= 11 is 0. The molecule has 4 heterocycles. The van der Waals surface area contributed by atoms with Crippen molar-refractivity contribution in [1.29, 1.82) is 0 Å². The van der Waals surface area contributed by atoms with Crippen LogP contribution >= 0.6 is 0 Å². The van der Waals surface area contributed by atoms with Crippen LogP contribution in [0.5, 0.6) is 0 Å². The van der Waals surface area contributed by atoms with Gasteiger partial charge >= 0.3 is 5.97 Å². The van der Waals surface area contributed by atoms with Gasteiger partial charge in [-0.05, 0) is 0 Å². The molecule has 14 heteroatoms. The fraction of sp³-hybridized carbons (Fsp3) is 0.464. The van der Waals surface area contributed by atoms with Crippen molar-refractivity contribution in [2.75, 3.05) is 13.1 Å². The highest BCUT2D eigenvalue weighted by Gasteiger charge is 2.29. The Morgan fingerprint density at radius 1 is 0.571 bits per heavy atom. The molecule has 4 rings (SSSR count). The van der Waals surface area contributed by atoms with Gasteiger partial charge in [-0.3, -0.25) is 14.4 Å². The Balaban J connectivity index is 1.38. The summed E-state index contributed by atoms with van der Waals surface area (Å²) in [5.41, 5.74) is 0. The lowest BCUT2D eigenvalue weighted by molar-refractivity contribution is -0.671. The molecule has 0 spiro atoms. The SMILES string of the molecule is C[n+]1ccn(CC(Cn2cc[n+](C)c2)C(=O)NCC(CNC(=O)C(Cn2cc[n+](C)c2)Cn2cc[n+](C)c2)C(=O)O)c1. The van der Waals surface area contributed by atoms with Gasteiger partial charge < -0.3 is 15.7 Å². The molecule has 4 aromatic rings. The summed E-state index contributed by atoms with van der Waals surface area (Å²) < 4.78 is 15.3. The highest BCUT2D eigenvalue weighted by molar-refractivity contribution is 5.81. The normalized spacial score (nSPS) is 11.5. The third-order valence-electron chi connectivity index (χ3n) is 7.16. The van der Waals surface area contributed by atoms with E-state index in [1.807, 2.05) is 140 Å². The maximum absolute atomic E-state index is 13.3. The van der Waals surface area contributed by atoms with E-state index in [4.69, 9.17) is 0 Å². The molecule has 42 heavy (non-hydrogen) atoms. The Hall–Kier alpha value is -4.75. The summed E-state index contributed by atoms with van der Waals surface area (Å²) in [6, 6.07) is 0. The van der Waals surface area contributed by atoms with E-state index < -0.39 is 23.7 Å². The maximum atomic E-state index is 13.3. The minimum absolute atomic E-state index is 0.102. The fourth-order valence-corrected chi connectivity index (χ4v) is 4.89. The first-order chi connectivity index (χ1) is 20.0. The second kappa shape index (κ2) is 13.7. The second-order valence-corrected chi connectivity index (χ2v) is 11.0. The van der Waals surface area contributed by atoms with Crippen molar-refractivity contribution in [3.05, 3.63) is 74.9 Å². The number of carbonyl (C=O) groups excluding carboxylic acids is 2. The van der Waals surface area contributed by atoms with E-state index in [-0.39, 0.29) is 24.9 Å². The van der Waals surface area contributed by atoms with Crippen molar-refractivity contribution in [2.24, 2.45) is 45.9 Å². The van der Waals surface area contributed by atoms with E-state index in [1.54, 1.807) is 0 Å². The molecule has 0 bridgehead atoms. The number of nitrogens with one attached hydrogen (secondary N) is 2. The smallest absolute Gasteiger partial charge is 0.310 e. The Bertz CT molecular complexity index is 1310. The predicted molar refractivity (Wildman–Crippen MR) is 147 cm³/mol. The van der Waals surface area contributed by atoms with Gasteiger partial charge in [0.2, 0.25) is 37.1 Å².